The Bertz CT molecular complexity index is 1070. The summed E-state index contributed by atoms with van der Waals surface area (Å²) >= 11 is 0. The molecule has 0 saturated heterocycles. The molecule has 0 aliphatic carbocycles. The van der Waals surface area contributed by atoms with Gasteiger partial charge in [0.2, 0.25) is 0 Å². The predicted octanol–water partition coefficient (Wildman–Crippen LogP) is 0.563. The van der Waals surface area contributed by atoms with Crippen molar-refractivity contribution >= 4 is 27.6 Å². The third kappa shape index (κ3) is 3.21. The number of pyridine rings is 1. The molecule has 11 heteroatoms. The second-order valence-corrected chi connectivity index (χ2v) is 7.00. The molecule has 9 nitrogen and oxygen atoms in total. The summed E-state index contributed by atoms with van der Waals surface area (Å²) in [6.45, 7) is 0. The Labute approximate surface area is 139 Å². The average Bonchev–Trinajstić information content (AvgIpc) is 2.43. The fourth-order valence-corrected chi connectivity index (χ4v) is 3.21. The molecule has 0 aliphatic heterocycles. The van der Waals surface area contributed by atoms with Crippen molar-refractivity contribution in [3.8, 4) is 11.1 Å². The lowest BCUT2D eigenvalue weighted by molar-refractivity contribution is 0.0695. The quantitative estimate of drug-likeness (QED) is 0.566. The number of nitrogens with two attached hydrogens (primary N) is 1. The molecule has 2 rings (SSSR count). The number of halogens is 1. The molecule has 1 heterocycles. The zero-order valence-electron chi connectivity index (χ0n) is 12.5. The number of carbonyl (C=O) groups is 2. The van der Waals surface area contributed by atoms with E-state index in [9.17, 15) is 37.4 Å². The predicted molar refractivity (Wildman–Crippen MR) is 83.9 cm³/mol. The highest BCUT2D eigenvalue weighted by molar-refractivity contribution is 7.90. The number of hydrogen-bond donors (Lipinski definition) is 4. The van der Waals surface area contributed by atoms with Crippen molar-refractivity contribution in [2.75, 3.05) is 12.0 Å². The van der Waals surface area contributed by atoms with Crippen molar-refractivity contribution in [1.82, 2.24) is 4.98 Å². The number of rotatable bonds is 4. The normalized spacial score (nSPS) is 11.3. The first-order chi connectivity index (χ1) is 11.4. The van der Waals surface area contributed by atoms with Crippen LogP contribution in [0.2, 0.25) is 0 Å². The molecule has 1 aromatic heterocycles. The lowest BCUT2D eigenvalue weighted by atomic mass is 9.95. The number of aromatic nitrogens is 1. The number of nitrogen functional groups attached to an aromatic ring is 1. The van der Waals surface area contributed by atoms with E-state index in [1.807, 2.05) is 4.98 Å². The van der Waals surface area contributed by atoms with Crippen LogP contribution in [0.4, 0.5) is 10.2 Å². The summed E-state index contributed by atoms with van der Waals surface area (Å²) < 4.78 is 37.6. The van der Waals surface area contributed by atoms with Crippen LogP contribution >= 0.6 is 0 Å². The van der Waals surface area contributed by atoms with Crippen LogP contribution in [0.25, 0.3) is 11.1 Å². The molecule has 0 spiro atoms. The first-order valence-corrected chi connectivity index (χ1v) is 8.36. The fraction of sp³-hybridized carbons (Fsp3) is 0.0714. The number of carboxylic acid groups (broad SMARTS) is 2. The minimum Gasteiger partial charge on any atom is -0.478 e. The number of sulfone groups is 1. The Balaban J connectivity index is 3.18. The van der Waals surface area contributed by atoms with Gasteiger partial charge in [0.15, 0.2) is 9.84 Å². The van der Waals surface area contributed by atoms with E-state index in [2.05, 4.69) is 0 Å². The summed E-state index contributed by atoms with van der Waals surface area (Å²) in [5.74, 6) is -5.22. The molecule has 0 amide bonds. The van der Waals surface area contributed by atoms with E-state index in [1.165, 1.54) is 0 Å². The van der Waals surface area contributed by atoms with E-state index in [1.54, 1.807) is 0 Å². The topological polar surface area (TPSA) is 168 Å². The second-order valence-electron chi connectivity index (χ2n) is 5.02. The fourth-order valence-electron chi connectivity index (χ4n) is 2.34. The first kappa shape index (κ1) is 18.1. The van der Waals surface area contributed by atoms with Crippen LogP contribution < -0.4 is 11.3 Å². The van der Waals surface area contributed by atoms with Gasteiger partial charge in [-0.1, -0.05) is 0 Å². The lowest BCUT2D eigenvalue weighted by Gasteiger charge is -2.15. The number of benzene rings is 1. The summed E-state index contributed by atoms with van der Waals surface area (Å²) in [7, 11) is -4.01. The van der Waals surface area contributed by atoms with Crippen molar-refractivity contribution in [1.29, 1.82) is 0 Å². The zero-order chi connectivity index (χ0) is 19.1. The van der Waals surface area contributed by atoms with E-state index < -0.39 is 66.1 Å². The van der Waals surface area contributed by atoms with Gasteiger partial charge in [-0.15, -0.1) is 0 Å². The molecule has 25 heavy (non-hydrogen) atoms. The maximum Gasteiger partial charge on any atom is 0.342 e. The smallest absolute Gasteiger partial charge is 0.342 e. The highest BCUT2D eigenvalue weighted by Gasteiger charge is 2.29. The maximum atomic E-state index is 13.7. The first-order valence-electron chi connectivity index (χ1n) is 6.47. The van der Waals surface area contributed by atoms with Crippen LogP contribution in [0.15, 0.2) is 27.9 Å². The number of hydrogen-bond acceptors (Lipinski definition) is 6. The van der Waals surface area contributed by atoms with Gasteiger partial charge in [-0.2, -0.15) is 0 Å². The standard InChI is InChI=1S/C14H11FN2O7S/c1-25(23,24)7-3-2-5(15)4-6(7)8-9(13(19)20)11(16)17-12(18)10(8)14(21)22/h2-4H,1H3,(H,19,20)(H,21,22)(H3,16,17,18). The minimum atomic E-state index is -4.01. The summed E-state index contributed by atoms with van der Waals surface area (Å²) in [5.41, 5.74) is 0.898. The zero-order valence-corrected chi connectivity index (χ0v) is 13.3. The molecular formula is C14H11FN2O7S. The van der Waals surface area contributed by atoms with Crippen LogP contribution in [0, 0.1) is 5.82 Å². The molecule has 2 aromatic rings. The van der Waals surface area contributed by atoms with Gasteiger partial charge in [0.1, 0.15) is 22.8 Å². The minimum absolute atomic E-state index is 0.552. The van der Waals surface area contributed by atoms with Crippen LogP contribution in [0.3, 0.4) is 0 Å². The SMILES string of the molecule is CS(=O)(=O)c1ccc(F)cc1-c1c(C(=O)O)c(N)[nH]c(=O)c1C(=O)O. The van der Waals surface area contributed by atoms with Gasteiger partial charge in [0.25, 0.3) is 5.56 Å². The number of anilines is 1. The largest absolute Gasteiger partial charge is 0.478 e. The Hall–Kier alpha value is -3.21. The van der Waals surface area contributed by atoms with Gasteiger partial charge in [-0.25, -0.2) is 22.4 Å². The molecule has 0 unspecified atom stereocenters. The molecule has 132 valence electrons. The molecule has 0 atom stereocenters. The maximum absolute atomic E-state index is 13.7. The summed E-state index contributed by atoms with van der Waals surface area (Å²) in [4.78, 5) is 36.2. The van der Waals surface area contributed by atoms with Crippen molar-refractivity contribution in [2.45, 2.75) is 4.90 Å². The van der Waals surface area contributed by atoms with E-state index in [0.717, 1.165) is 18.4 Å². The van der Waals surface area contributed by atoms with Gasteiger partial charge < -0.3 is 20.9 Å². The molecule has 0 saturated carbocycles. The van der Waals surface area contributed by atoms with Gasteiger partial charge >= 0.3 is 11.9 Å². The van der Waals surface area contributed by atoms with E-state index in [4.69, 9.17) is 5.73 Å². The van der Waals surface area contributed by atoms with Gasteiger partial charge in [0, 0.05) is 17.4 Å². The number of H-pyrrole nitrogens is 1. The van der Waals surface area contributed by atoms with Gasteiger partial charge in [0.05, 0.1) is 4.90 Å². The van der Waals surface area contributed by atoms with Gasteiger partial charge in [-0.05, 0) is 18.2 Å². The number of aromatic carboxylic acids is 2. The van der Waals surface area contributed by atoms with Crippen molar-refractivity contribution in [3.05, 3.63) is 45.5 Å². The average molecular weight is 370 g/mol. The molecule has 5 N–H and O–H groups in total. The Morgan fingerprint density at radius 3 is 2.20 bits per heavy atom. The molecule has 0 fully saturated rings. The van der Waals surface area contributed by atoms with Crippen LogP contribution in [0.5, 0.6) is 0 Å². The van der Waals surface area contributed by atoms with E-state index >= 15 is 0 Å². The van der Waals surface area contributed by atoms with Crippen LogP contribution in [0.1, 0.15) is 20.7 Å². The van der Waals surface area contributed by atoms with E-state index in [0.29, 0.717) is 6.07 Å². The Kier molecular flexibility index (Phi) is 4.36. The number of aromatic amines is 1. The lowest BCUT2D eigenvalue weighted by Crippen LogP contribution is -2.24. The Morgan fingerprint density at radius 2 is 1.72 bits per heavy atom. The van der Waals surface area contributed by atoms with Crippen molar-refractivity contribution in [3.63, 3.8) is 0 Å². The summed E-state index contributed by atoms with van der Waals surface area (Å²) in [5, 5.41) is 18.6. The Morgan fingerprint density at radius 1 is 1.16 bits per heavy atom. The molecule has 0 aliphatic rings. The highest BCUT2D eigenvalue weighted by Crippen LogP contribution is 2.34. The van der Waals surface area contributed by atoms with Crippen LogP contribution in [-0.2, 0) is 9.84 Å². The molecule has 0 radical (unpaired) electrons. The third-order valence-electron chi connectivity index (χ3n) is 3.28. The number of nitrogens with one attached hydrogen (secondary N) is 1. The van der Waals surface area contributed by atoms with E-state index in [-0.39, 0.29) is 0 Å². The van der Waals surface area contributed by atoms with Crippen molar-refractivity contribution in [2.24, 2.45) is 0 Å². The molecule has 0 bridgehead atoms. The monoisotopic (exact) mass is 370 g/mol. The molecule has 1 aromatic carbocycles. The molecular weight excluding hydrogens is 359 g/mol. The summed E-state index contributed by atoms with van der Waals surface area (Å²) in [6.07, 6.45) is 0.765. The van der Waals surface area contributed by atoms with Gasteiger partial charge in [-0.3, -0.25) is 4.79 Å². The highest BCUT2D eigenvalue weighted by atomic mass is 32.2. The van der Waals surface area contributed by atoms with Crippen LogP contribution in [-0.4, -0.2) is 41.8 Å². The second kappa shape index (κ2) is 6.02. The third-order valence-corrected chi connectivity index (χ3v) is 4.44. The van der Waals surface area contributed by atoms with Crippen molar-refractivity contribution < 1.29 is 32.6 Å². The summed E-state index contributed by atoms with van der Waals surface area (Å²) in [6, 6.07) is 2.27. The number of carboxylic acids is 2.